The highest BCUT2D eigenvalue weighted by Gasteiger charge is 2.45. The summed E-state index contributed by atoms with van der Waals surface area (Å²) < 4.78 is 23.2. The molecule has 2 aromatic carbocycles. The van der Waals surface area contributed by atoms with Crippen LogP contribution >= 0.6 is 15.2 Å². The summed E-state index contributed by atoms with van der Waals surface area (Å²) in [5.41, 5.74) is 1.03. The molecule has 0 spiro atoms. The third kappa shape index (κ3) is 5.33. The normalized spacial score (nSPS) is 15.1. The van der Waals surface area contributed by atoms with Crippen molar-refractivity contribution in [2.45, 2.75) is 23.8 Å². The molecule has 9 heteroatoms. The minimum atomic E-state index is -5.08. The second kappa shape index (κ2) is 7.94. The molecule has 7 nitrogen and oxygen atoms in total. The average molecular weight is 386 g/mol. The highest BCUT2D eigenvalue weighted by Crippen LogP contribution is 2.63. The van der Waals surface area contributed by atoms with Crippen LogP contribution in [0.4, 0.5) is 0 Å². The molecule has 2 aromatic rings. The van der Waals surface area contributed by atoms with Crippen LogP contribution in [0.1, 0.15) is 29.6 Å². The SMILES string of the molecule is O=P(O)(O)C(CC(c1ccccc1)C(O)c1ccccc1)P(=O)(O)O. The zero-order valence-corrected chi connectivity index (χ0v) is 14.9. The van der Waals surface area contributed by atoms with Gasteiger partial charge < -0.3 is 24.7 Å². The zero-order chi connectivity index (χ0) is 18.7. The molecular weight excluding hydrogens is 366 g/mol. The van der Waals surface area contributed by atoms with Crippen molar-refractivity contribution in [2.24, 2.45) is 0 Å². The molecular formula is C16H20O7P2. The van der Waals surface area contributed by atoms with Crippen LogP contribution in [0.15, 0.2) is 60.7 Å². The van der Waals surface area contributed by atoms with E-state index in [1.165, 1.54) is 0 Å². The Hall–Kier alpha value is -1.30. The fraction of sp³-hybridized carbons (Fsp3) is 0.250. The van der Waals surface area contributed by atoms with Crippen molar-refractivity contribution in [3.8, 4) is 0 Å². The molecule has 25 heavy (non-hydrogen) atoms. The quantitative estimate of drug-likeness (QED) is 0.462. The third-order valence-corrected chi connectivity index (χ3v) is 7.77. The van der Waals surface area contributed by atoms with E-state index in [0.717, 1.165) is 0 Å². The summed E-state index contributed by atoms with van der Waals surface area (Å²) in [5.74, 6) is -0.895. The first-order chi connectivity index (χ1) is 11.6. The van der Waals surface area contributed by atoms with Gasteiger partial charge in [0.1, 0.15) is 0 Å². The van der Waals surface area contributed by atoms with Crippen LogP contribution in [0.3, 0.4) is 0 Å². The van der Waals surface area contributed by atoms with E-state index in [1.807, 2.05) is 0 Å². The molecule has 0 aliphatic heterocycles. The first-order valence-electron chi connectivity index (χ1n) is 7.49. The van der Waals surface area contributed by atoms with E-state index in [-0.39, 0.29) is 0 Å². The van der Waals surface area contributed by atoms with Gasteiger partial charge >= 0.3 is 15.2 Å². The van der Waals surface area contributed by atoms with Crippen molar-refractivity contribution in [3.63, 3.8) is 0 Å². The maximum absolute atomic E-state index is 11.6. The van der Waals surface area contributed by atoms with E-state index in [9.17, 15) is 33.8 Å². The van der Waals surface area contributed by atoms with E-state index in [1.54, 1.807) is 60.7 Å². The molecule has 0 aromatic heterocycles. The summed E-state index contributed by atoms with van der Waals surface area (Å²) in [6, 6.07) is 16.8. The lowest BCUT2D eigenvalue weighted by Crippen LogP contribution is -2.19. The Labute approximate surface area is 145 Å². The molecule has 0 aliphatic carbocycles. The fourth-order valence-electron chi connectivity index (χ4n) is 2.73. The van der Waals surface area contributed by atoms with Crippen molar-refractivity contribution in [1.82, 2.24) is 0 Å². The topological polar surface area (TPSA) is 135 Å². The minimum Gasteiger partial charge on any atom is -0.388 e. The van der Waals surface area contributed by atoms with E-state index < -0.39 is 39.0 Å². The third-order valence-electron chi connectivity index (χ3n) is 3.99. The number of aliphatic hydroxyl groups excluding tert-OH is 1. The molecule has 0 bridgehead atoms. The Bertz CT molecular complexity index is 748. The number of rotatable bonds is 7. The summed E-state index contributed by atoms with van der Waals surface area (Å²) in [4.78, 5) is 37.6. The van der Waals surface area contributed by atoms with Crippen molar-refractivity contribution in [2.75, 3.05) is 0 Å². The highest BCUT2D eigenvalue weighted by atomic mass is 31.2. The molecule has 0 fully saturated rings. The molecule has 2 atom stereocenters. The zero-order valence-electron chi connectivity index (χ0n) is 13.2. The summed E-state index contributed by atoms with van der Waals surface area (Å²) >= 11 is 0. The smallest absolute Gasteiger partial charge is 0.340 e. The number of benzene rings is 2. The van der Waals surface area contributed by atoms with Gasteiger partial charge in [-0.1, -0.05) is 60.7 Å². The van der Waals surface area contributed by atoms with E-state index >= 15 is 0 Å². The molecule has 0 amide bonds. The molecule has 2 unspecified atom stereocenters. The summed E-state index contributed by atoms with van der Waals surface area (Å²) in [7, 11) is -10.2. The summed E-state index contributed by atoms with van der Waals surface area (Å²) in [6.45, 7) is 0. The summed E-state index contributed by atoms with van der Waals surface area (Å²) in [6.07, 6.45) is -1.74. The van der Waals surface area contributed by atoms with Gasteiger partial charge in [0.25, 0.3) is 0 Å². The second-order valence-corrected chi connectivity index (χ2v) is 9.78. The molecule has 0 saturated carbocycles. The largest absolute Gasteiger partial charge is 0.388 e. The lowest BCUT2D eigenvalue weighted by atomic mass is 9.87. The first kappa shape index (κ1) is 20.0. The Kier molecular flexibility index (Phi) is 6.35. The molecule has 2 rings (SSSR count). The van der Waals surface area contributed by atoms with Gasteiger partial charge in [0, 0.05) is 5.92 Å². The monoisotopic (exact) mass is 386 g/mol. The standard InChI is InChI=1S/C16H20O7P2/c17-16(13-9-5-2-6-10-13)14(12-7-3-1-4-8-12)11-15(24(18,19)20)25(21,22)23/h1-10,14-17H,11H2,(H2,18,19,20)(H2,21,22,23). The van der Waals surface area contributed by atoms with Crippen molar-refractivity contribution < 1.29 is 33.8 Å². The van der Waals surface area contributed by atoms with Gasteiger partial charge in [-0.3, -0.25) is 9.13 Å². The van der Waals surface area contributed by atoms with Crippen LogP contribution in [0.5, 0.6) is 0 Å². The van der Waals surface area contributed by atoms with Crippen LogP contribution < -0.4 is 0 Å². The van der Waals surface area contributed by atoms with Crippen LogP contribution in [-0.4, -0.2) is 30.1 Å². The number of hydrogen-bond acceptors (Lipinski definition) is 3. The van der Waals surface area contributed by atoms with Crippen LogP contribution in [0, 0.1) is 0 Å². The van der Waals surface area contributed by atoms with Gasteiger partial charge in [0.2, 0.25) is 0 Å². The van der Waals surface area contributed by atoms with Gasteiger partial charge in [-0.25, -0.2) is 0 Å². The van der Waals surface area contributed by atoms with E-state index in [2.05, 4.69) is 0 Å². The van der Waals surface area contributed by atoms with Crippen LogP contribution in [0.25, 0.3) is 0 Å². The molecule has 0 aliphatic rings. The Morgan fingerprint density at radius 2 is 1.12 bits per heavy atom. The molecule has 5 N–H and O–H groups in total. The fourth-order valence-corrected chi connectivity index (χ4v) is 5.30. The number of hydrogen-bond donors (Lipinski definition) is 5. The second-order valence-electron chi connectivity index (χ2n) is 5.77. The Morgan fingerprint density at radius 3 is 1.52 bits per heavy atom. The van der Waals surface area contributed by atoms with Crippen molar-refractivity contribution in [3.05, 3.63) is 71.8 Å². The van der Waals surface area contributed by atoms with Gasteiger partial charge in [-0.05, 0) is 17.5 Å². The molecule has 0 saturated heterocycles. The predicted octanol–water partition coefficient (Wildman–Crippen LogP) is 2.58. The first-order valence-corrected chi connectivity index (χ1v) is 10.9. The Balaban J connectivity index is 2.45. The lowest BCUT2D eigenvalue weighted by molar-refractivity contribution is 0.140. The number of aliphatic hydroxyl groups is 1. The van der Waals surface area contributed by atoms with E-state index in [4.69, 9.17) is 0 Å². The average Bonchev–Trinajstić information content (AvgIpc) is 2.54. The highest BCUT2D eigenvalue weighted by molar-refractivity contribution is 7.70. The molecule has 136 valence electrons. The van der Waals surface area contributed by atoms with Gasteiger partial charge in [-0.2, -0.15) is 0 Å². The van der Waals surface area contributed by atoms with Crippen molar-refractivity contribution >= 4 is 15.2 Å². The molecule has 0 heterocycles. The Morgan fingerprint density at radius 1 is 0.720 bits per heavy atom. The van der Waals surface area contributed by atoms with Gasteiger partial charge in [0.05, 0.1) is 6.10 Å². The van der Waals surface area contributed by atoms with Crippen molar-refractivity contribution in [1.29, 1.82) is 0 Å². The lowest BCUT2D eigenvalue weighted by Gasteiger charge is -2.28. The minimum absolute atomic E-state index is 0.492. The van der Waals surface area contributed by atoms with Gasteiger partial charge in [-0.15, -0.1) is 0 Å². The summed E-state index contributed by atoms with van der Waals surface area (Å²) in [5, 5.41) is 8.53. The van der Waals surface area contributed by atoms with Gasteiger partial charge in [0.15, 0.2) is 5.40 Å². The van der Waals surface area contributed by atoms with Crippen LogP contribution in [0.2, 0.25) is 0 Å². The maximum atomic E-state index is 11.6. The maximum Gasteiger partial charge on any atom is 0.340 e. The predicted molar refractivity (Wildman–Crippen MR) is 93.1 cm³/mol. The van der Waals surface area contributed by atoms with Crippen LogP contribution in [-0.2, 0) is 9.13 Å². The van der Waals surface area contributed by atoms with E-state index in [0.29, 0.717) is 11.1 Å². The molecule has 0 radical (unpaired) electrons.